The molecule has 0 saturated carbocycles. The molecule has 0 atom stereocenters. The molecule has 3 heteroatoms. The molecule has 1 aliphatic heterocycles. The van der Waals surface area contributed by atoms with Crippen LogP contribution >= 0.6 is 0 Å². The molecule has 0 aromatic carbocycles. The zero-order valence-electron chi connectivity index (χ0n) is 9.99. The summed E-state index contributed by atoms with van der Waals surface area (Å²) >= 11 is 0. The number of rotatable bonds is 2. The van der Waals surface area contributed by atoms with Crippen molar-refractivity contribution in [3.63, 3.8) is 0 Å². The van der Waals surface area contributed by atoms with Crippen LogP contribution in [-0.4, -0.2) is 49.4 Å². The van der Waals surface area contributed by atoms with Gasteiger partial charge in [0.25, 0.3) is 0 Å². The maximum Gasteiger partial charge on any atom is 0.209 e. The van der Waals surface area contributed by atoms with E-state index in [9.17, 15) is 4.79 Å². The molecule has 14 heavy (non-hydrogen) atoms. The van der Waals surface area contributed by atoms with Crippen LogP contribution in [0.5, 0.6) is 0 Å². The van der Waals surface area contributed by atoms with Gasteiger partial charge in [-0.15, -0.1) is 0 Å². The Bertz CT molecular complexity index is 140. The Morgan fingerprint density at radius 2 is 1.64 bits per heavy atom. The second-order valence-electron chi connectivity index (χ2n) is 4.25. The van der Waals surface area contributed by atoms with Crippen LogP contribution in [0.15, 0.2) is 0 Å². The summed E-state index contributed by atoms with van der Waals surface area (Å²) in [5.74, 6) is 0.884. The molecular formula is C11H24N2O. The summed E-state index contributed by atoms with van der Waals surface area (Å²) in [5, 5.41) is 0. The van der Waals surface area contributed by atoms with E-state index in [2.05, 4.69) is 32.7 Å². The molecule has 0 spiro atoms. The van der Waals surface area contributed by atoms with Gasteiger partial charge in [0.2, 0.25) is 6.41 Å². The molecule has 0 unspecified atom stereocenters. The van der Waals surface area contributed by atoms with Gasteiger partial charge in [-0.1, -0.05) is 27.2 Å². The molecule has 3 nitrogen and oxygen atoms in total. The van der Waals surface area contributed by atoms with Crippen molar-refractivity contribution < 1.29 is 4.79 Å². The summed E-state index contributed by atoms with van der Waals surface area (Å²) in [6, 6.07) is 0. The van der Waals surface area contributed by atoms with Crippen LogP contribution in [0.25, 0.3) is 0 Å². The average molecular weight is 200 g/mol. The van der Waals surface area contributed by atoms with Crippen molar-refractivity contribution in [2.24, 2.45) is 5.92 Å². The third kappa shape index (κ3) is 6.89. The SMILES string of the molecule is CCC(C)C.CN1CCN(C=O)CC1. The van der Waals surface area contributed by atoms with E-state index in [4.69, 9.17) is 0 Å². The van der Waals surface area contributed by atoms with Crippen LogP contribution in [0.1, 0.15) is 27.2 Å². The number of likely N-dealkylation sites (N-methyl/N-ethyl adjacent to an activating group) is 1. The smallest absolute Gasteiger partial charge is 0.209 e. The number of carbonyl (C=O) groups excluding carboxylic acids is 1. The zero-order valence-corrected chi connectivity index (χ0v) is 9.99. The van der Waals surface area contributed by atoms with Crippen molar-refractivity contribution in [1.29, 1.82) is 0 Å². The first-order valence-electron chi connectivity index (χ1n) is 5.48. The monoisotopic (exact) mass is 200 g/mol. The number of hydrogen-bond donors (Lipinski definition) is 0. The van der Waals surface area contributed by atoms with Crippen LogP contribution in [0, 0.1) is 5.92 Å². The lowest BCUT2D eigenvalue weighted by Gasteiger charge is -2.29. The predicted octanol–water partition coefficient (Wildman–Crippen LogP) is 1.44. The molecule has 0 radical (unpaired) electrons. The molecule has 0 aromatic heterocycles. The highest BCUT2D eigenvalue weighted by molar-refractivity contribution is 5.47. The van der Waals surface area contributed by atoms with Crippen LogP contribution in [0.3, 0.4) is 0 Å². The fourth-order valence-corrected chi connectivity index (χ4v) is 0.927. The Balaban J connectivity index is 0.000000292. The second-order valence-corrected chi connectivity index (χ2v) is 4.25. The van der Waals surface area contributed by atoms with Gasteiger partial charge in [-0.05, 0) is 13.0 Å². The van der Waals surface area contributed by atoms with Gasteiger partial charge in [0.05, 0.1) is 0 Å². The minimum Gasteiger partial charge on any atom is -0.343 e. The van der Waals surface area contributed by atoms with E-state index in [1.54, 1.807) is 4.90 Å². The quantitative estimate of drug-likeness (QED) is 0.630. The molecule has 1 rings (SSSR count). The molecule has 1 fully saturated rings. The highest BCUT2D eigenvalue weighted by atomic mass is 16.1. The number of carbonyl (C=O) groups is 1. The molecule has 0 aliphatic carbocycles. The molecular weight excluding hydrogens is 176 g/mol. The van der Waals surface area contributed by atoms with Crippen molar-refractivity contribution in [1.82, 2.24) is 9.80 Å². The third-order valence-corrected chi connectivity index (χ3v) is 2.50. The number of nitrogens with zero attached hydrogens (tertiary/aromatic N) is 2. The number of hydrogen-bond acceptors (Lipinski definition) is 2. The van der Waals surface area contributed by atoms with Crippen molar-refractivity contribution in [3.8, 4) is 0 Å². The first-order valence-corrected chi connectivity index (χ1v) is 5.48. The van der Waals surface area contributed by atoms with E-state index < -0.39 is 0 Å². The van der Waals surface area contributed by atoms with Crippen LogP contribution in [-0.2, 0) is 4.79 Å². The van der Waals surface area contributed by atoms with Gasteiger partial charge >= 0.3 is 0 Å². The van der Waals surface area contributed by atoms with E-state index >= 15 is 0 Å². The van der Waals surface area contributed by atoms with Gasteiger partial charge in [0.1, 0.15) is 0 Å². The fourth-order valence-electron chi connectivity index (χ4n) is 0.927. The topological polar surface area (TPSA) is 23.6 Å². The summed E-state index contributed by atoms with van der Waals surface area (Å²) in [5.41, 5.74) is 0. The Morgan fingerprint density at radius 3 is 1.93 bits per heavy atom. The van der Waals surface area contributed by atoms with Crippen molar-refractivity contribution in [2.45, 2.75) is 27.2 Å². The third-order valence-electron chi connectivity index (χ3n) is 2.50. The highest BCUT2D eigenvalue weighted by Gasteiger charge is 2.10. The summed E-state index contributed by atoms with van der Waals surface area (Å²) in [6.45, 7) is 10.4. The van der Waals surface area contributed by atoms with E-state index in [1.807, 2.05) is 0 Å². The minimum atomic E-state index is 0.884. The van der Waals surface area contributed by atoms with Crippen LogP contribution < -0.4 is 0 Å². The van der Waals surface area contributed by atoms with Crippen LogP contribution in [0.4, 0.5) is 0 Å². The van der Waals surface area contributed by atoms with E-state index in [1.165, 1.54) is 6.42 Å². The number of amides is 1. The van der Waals surface area contributed by atoms with Gasteiger partial charge in [0, 0.05) is 26.2 Å². The van der Waals surface area contributed by atoms with E-state index in [-0.39, 0.29) is 0 Å². The van der Waals surface area contributed by atoms with Gasteiger partial charge in [-0.3, -0.25) is 4.79 Å². The standard InChI is InChI=1S/C6H12N2O.C5H12/c1-7-2-4-8(6-9)5-3-7;1-4-5(2)3/h6H,2-5H2,1H3;5H,4H2,1-3H3. The molecule has 84 valence electrons. The Hall–Kier alpha value is -0.570. The highest BCUT2D eigenvalue weighted by Crippen LogP contribution is 1.94. The summed E-state index contributed by atoms with van der Waals surface area (Å²) in [7, 11) is 2.07. The lowest BCUT2D eigenvalue weighted by molar-refractivity contribution is -0.119. The van der Waals surface area contributed by atoms with Gasteiger partial charge in [-0.2, -0.15) is 0 Å². The molecule has 0 N–H and O–H groups in total. The lowest BCUT2D eigenvalue weighted by Crippen LogP contribution is -2.43. The average Bonchev–Trinajstić information content (AvgIpc) is 2.20. The van der Waals surface area contributed by atoms with Crippen LogP contribution in [0.2, 0.25) is 0 Å². The van der Waals surface area contributed by atoms with E-state index in [0.29, 0.717) is 0 Å². The molecule has 1 saturated heterocycles. The predicted molar refractivity (Wildman–Crippen MR) is 60.3 cm³/mol. The van der Waals surface area contributed by atoms with Gasteiger partial charge < -0.3 is 9.80 Å². The maximum absolute atomic E-state index is 10.2. The first-order chi connectivity index (χ1) is 6.60. The Kier molecular flexibility index (Phi) is 7.48. The lowest BCUT2D eigenvalue weighted by atomic mass is 10.2. The summed E-state index contributed by atoms with van der Waals surface area (Å²) in [4.78, 5) is 14.2. The normalized spacial score (nSPS) is 17.6. The largest absolute Gasteiger partial charge is 0.343 e. The van der Waals surface area contributed by atoms with Crippen molar-refractivity contribution in [2.75, 3.05) is 33.2 Å². The number of piperazine rings is 1. The molecule has 0 aromatic rings. The molecule has 1 aliphatic rings. The van der Waals surface area contributed by atoms with Crippen molar-refractivity contribution in [3.05, 3.63) is 0 Å². The van der Waals surface area contributed by atoms with Gasteiger partial charge in [-0.25, -0.2) is 0 Å². The molecule has 0 bridgehead atoms. The Morgan fingerprint density at radius 1 is 1.21 bits per heavy atom. The molecule has 1 amide bonds. The zero-order chi connectivity index (χ0) is 11.0. The summed E-state index contributed by atoms with van der Waals surface area (Å²) in [6.07, 6.45) is 2.23. The first kappa shape index (κ1) is 13.4. The minimum absolute atomic E-state index is 0.884. The molecule has 1 heterocycles. The maximum atomic E-state index is 10.2. The Labute approximate surface area is 88.1 Å². The van der Waals surface area contributed by atoms with E-state index in [0.717, 1.165) is 38.5 Å². The second kappa shape index (κ2) is 7.80. The fraction of sp³-hybridized carbons (Fsp3) is 0.909. The van der Waals surface area contributed by atoms with Gasteiger partial charge in [0.15, 0.2) is 0 Å². The van der Waals surface area contributed by atoms with Crippen molar-refractivity contribution >= 4 is 6.41 Å². The summed E-state index contributed by atoms with van der Waals surface area (Å²) < 4.78 is 0.